The topological polar surface area (TPSA) is 146 Å². The lowest BCUT2D eigenvalue weighted by Crippen LogP contribution is -2.55. The lowest BCUT2D eigenvalue weighted by atomic mass is 9.90. The number of piperidine rings is 1. The highest BCUT2D eigenvalue weighted by Crippen LogP contribution is 2.50. The zero-order valence-corrected chi connectivity index (χ0v) is 40.6. The number of unbranched alkanes of at least 4 members (excludes halogenated alkanes) is 2. The molecule has 1 saturated heterocycles. The van der Waals surface area contributed by atoms with Crippen molar-refractivity contribution in [2.24, 2.45) is 29.1 Å². The average molecular weight is 866 g/mol. The van der Waals surface area contributed by atoms with Crippen molar-refractivity contribution in [2.45, 2.75) is 181 Å². The number of carbonyl (C=O) groups is 6. The zero-order valence-electron chi connectivity index (χ0n) is 39.8. The molecule has 1 N–H and O–H groups in total. The maximum Gasteiger partial charge on any atom is 0.243 e. The van der Waals surface area contributed by atoms with Gasteiger partial charge in [-0.2, -0.15) is 11.8 Å². The van der Waals surface area contributed by atoms with Gasteiger partial charge in [0.1, 0.15) is 6.04 Å². The second-order valence-corrected chi connectivity index (χ2v) is 21.0. The summed E-state index contributed by atoms with van der Waals surface area (Å²) in [5.74, 6) is 0.463. The molecule has 6 amide bonds. The highest BCUT2D eigenvalue weighted by atomic mass is 32.2. The molecule has 1 aliphatic carbocycles. The molecule has 14 heteroatoms. The number of methoxy groups -OCH3 is 2. The fraction of sp³-hybridized carbons (Fsp3) is 0.870. The van der Waals surface area contributed by atoms with Gasteiger partial charge in [0, 0.05) is 59.0 Å². The molecular weight excluding hydrogens is 783 g/mol. The molecule has 346 valence electrons. The average Bonchev–Trinajstić information content (AvgIpc) is 3.84. The molecule has 13 nitrogen and oxygen atoms in total. The number of likely N-dealkylation sites (tertiary alicyclic amines) is 1. The fourth-order valence-electron chi connectivity index (χ4n) is 8.99. The highest BCUT2D eigenvalue weighted by molar-refractivity contribution is 7.99. The number of thioether (sulfide) groups is 1. The number of imide groups is 1. The van der Waals surface area contributed by atoms with Crippen LogP contribution in [0.1, 0.15) is 140 Å². The molecule has 9 unspecified atom stereocenters. The predicted octanol–water partition coefficient (Wildman–Crippen LogP) is 6.41. The number of nitrogens with zero attached hydrogens (tertiary/aromatic N) is 4. The minimum absolute atomic E-state index is 0.00747. The van der Waals surface area contributed by atoms with E-state index in [1.165, 1.54) is 9.80 Å². The van der Waals surface area contributed by atoms with Gasteiger partial charge in [0.15, 0.2) is 0 Å². The number of amides is 6. The molecule has 9 atom stereocenters. The summed E-state index contributed by atoms with van der Waals surface area (Å²) < 4.78 is 11.8. The lowest BCUT2D eigenvalue weighted by molar-refractivity contribution is -0.146. The Kier molecular flexibility index (Phi) is 22.6. The van der Waals surface area contributed by atoms with Crippen molar-refractivity contribution in [3.05, 3.63) is 0 Å². The molecule has 1 heterocycles. The van der Waals surface area contributed by atoms with Gasteiger partial charge in [0.25, 0.3) is 0 Å². The summed E-state index contributed by atoms with van der Waals surface area (Å²) in [5, 5.41) is 2.92. The highest BCUT2D eigenvalue weighted by Gasteiger charge is 2.56. The van der Waals surface area contributed by atoms with Gasteiger partial charge in [-0.3, -0.25) is 33.7 Å². The standard InChI is InChI=1S/C46H83N5O8S/c1-15-32(6)43(37(58-13)27-40(55)51-35-25-34(35)26-36(51)44(59-14)31(4)5)49(12)41(56)28-47-45(57)42(30(2)3)48(11)38(53)20-17-16-18-22-50(29-52)39(54)24-33(7)60-23-19-21-46(8,9)10/h29-37,42-44H,15-28H2,1-14H3,(H,47,57). The molecule has 2 fully saturated rings. The van der Waals surface area contributed by atoms with Gasteiger partial charge in [-0.1, -0.05) is 82.1 Å². The number of hydrogen-bond acceptors (Lipinski definition) is 9. The van der Waals surface area contributed by atoms with Crippen molar-refractivity contribution in [3.63, 3.8) is 0 Å². The van der Waals surface area contributed by atoms with Crippen LogP contribution in [0.15, 0.2) is 0 Å². The van der Waals surface area contributed by atoms with Crippen LogP contribution in [0, 0.1) is 29.1 Å². The summed E-state index contributed by atoms with van der Waals surface area (Å²) in [7, 11) is 6.61. The van der Waals surface area contributed by atoms with Crippen LogP contribution in [0.3, 0.4) is 0 Å². The number of ether oxygens (including phenoxy) is 2. The van der Waals surface area contributed by atoms with E-state index in [-0.39, 0.29) is 89.6 Å². The van der Waals surface area contributed by atoms with E-state index in [4.69, 9.17) is 9.47 Å². The van der Waals surface area contributed by atoms with E-state index < -0.39 is 24.1 Å². The van der Waals surface area contributed by atoms with E-state index >= 15 is 0 Å². The zero-order chi connectivity index (χ0) is 45.5. The molecule has 0 radical (unpaired) electrons. The molecule has 1 saturated carbocycles. The van der Waals surface area contributed by atoms with E-state index in [2.05, 4.69) is 39.9 Å². The maximum atomic E-state index is 14.0. The van der Waals surface area contributed by atoms with E-state index in [0.717, 1.165) is 37.9 Å². The van der Waals surface area contributed by atoms with Gasteiger partial charge < -0.3 is 29.5 Å². The summed E-state index contributed by atoms with van der Waals surface area (Å²) in [6.45, 7) is 20.8. The SMILES string of the molecule is CCC(C)C(C(CC(=O)N1C2CC2CC1C(OC)C(C)C)OC)N(C)C(=O)CNC(=O)C(C(C)C)N(C)C(=O)CCCCCN(C=O)C(=O)CC(C)SCCCC(C)(C)C. The van der Waals surface area contributed by atoms with E-state index in [1.54, 1.807) is 45.0 Å². The van der Waals surface area contributed by atoms with Crippen LogP contribution in [0.5, 0.6) is 0 Å². The third kappa shape index (κ3) is 16.2. The van der Waals surface area contributed by atoms with Gasteiger partial charge in [-0.15, -0.1) is 0 Å². The van der Waals surface area contributed by atoms with Crippen molar-refractivity contribution in [1.82, 2.24) is 24.9 Å². The number of rotatable bonds is 28. The van der Waals surface area contributed by atoms with Crippen LogP contribution in [0.25, 0.3) is 0 Å². The molecule has 0 aromatic heterocycles. The van der Waals surface area contributed by atoms with E-state index in [0.29, 0.717) is 44.6 Å². The Morgan fingerprint density at radius 3 is 2.07 bits per heavy atom. The largest absolute Gasteiger partial charge is 0.379 e. The first kappa shape index (κ1) is 53.4. The Balaban J connectivity index is 1.92. The van der Waals surface area contributed by atoms with Crippen LogP contribution in [0.4, 0.5) is 0 Å². The van der Waals surface area contributed by atoms with Crippen LogP contribution >= 0.6 is 11.8 Å². The molecule has 0 aromatic carbocycles. The lowest BCUT2D eigenvalue weighted by Gasteiger charge is -2.40. The van der Waals surface area contributed by atoms with Gasteiger partial charge in [0.05, 0.1) is 37.3 Å². The molecule has 0 bridgehead atoms. The third-order valence-electron chi connectivity index (χ3n) is 12.7. The molecular formula is C46H83N5O8S. The Morgan fingerprint density at radius 1 is 0.850 bits per heavy atom. The monoisotopic (exact) mass is 866 g/mol. The van der Waals surface area contributed by atoms with Crippen molar-refractivity contribution < 1.29 is 38.2 Å². The number of nitrogens with one attached hydrogen (secondary N) is 1. The Hall–Kier alpha value is -2.71. The number of hydrogen-bond donors (Lipinski definition) is 1. The second kappa shape index (κ2) is 25.4. The summed E-state index contributed by atoms with van der Waals surface area (Å²) in [6.07, 6.45) is 7.36. The van der Waals surface area contributed by atoms with Gasteiger partial charge in [0.2, 0.25) is 35.9 Å². The summed E-state index contributed by atoms with van der Waals surface area (Å²) >= 11 is 1.76. The van der Waals surface area contributed by atoms with Gasteiger partial charge >= 0.3 is 0 Å². The molecule has 0 spiro atoms. The Bertz CT molecular complexity index is 1390. The number of fused-ring (bicyclic) bond motifs is 1. The first-order valence-electron chi connectivity index (χ1n) is 22.7. The molecule has 60 heavy (non-hydrogen) atoms. The minimum atomic E-state index is -0.789. The third-order valence-corrected chi connectivity index (χ3v) is 13.9. The fourth-order valence-corrected chi connectivity index (χ4v) is 9.96. The minimum Gasteiger partial charge on any atom is -0.379 e. The van der Waals surface area contributed by atoms with Crippen molar-refractivity contribution in [1.29, 1.82) is 0 Å². The smallest absolute Gasteiger partial charge is 0.243 e. The van der Waals surface area contributed by atoms with Gasteiger partial charge in [-0.25, -0.2) is 0 Å². The Labute approximate surface area is 367 Å². The molecule has 2 aliphatic rings. The van der Waals surface area contributed by atoms with Crippen LogP contribution in [0.2, 0.25) is 0 Å². The second-order valence-electron chi connectivity index (χ2n) is 19.4. The Morgan fingerprint density at radius 2 is 1.52 bits per heavy atom. The maximum absolute atomic E-state index is 14.0. The molecule has 0 aromatic rings. The van der Waals surface area contributed by atoms with Crippen molar-refractivity contribution >= 4 is 47.7 Å². The first-order chi connectivity index (χ1) is 28.1. The summed E-state index contributed by atoms with van der Waals surface area (Å²) in [6, 6.07) is -0.944. The predicted molar refractivity (Wildman–Crippen MR) is 240 cm³/mol. The number of carbonyl (C=O) groups excluding carboxylic acids is 6. The van der Waals surface area contributed by atoms with E-state index in [9.17, 15) is 28.8 Å². The first-order valence-corrected chi connectivity index (χ1v) is 23.7. The van der Waals surface area contributed by atoms with E-state index in [1.807, 2.05) is 39.5 Å². The molecule has 1 aliphatic heterocycles. The van der Waals surface area contributed by atoms with Crippen LogP contribution < -0.4 is 5.32 Å². The van der Waals surface area contributed by atoms with Crippen LogP contribution in [-0.4, -0.2) is 144 Å². The van der Waals surface area contributed by atoms with Gasteiger partial charge in [-0.05, 0) is 73.4 Å². The van der Waals surface area contributed by atoms with Crippen LogP contribution in [-0.2, 0) is 38.2 Å². The van der Waals surface area contributed by atoms with Crippen molar-refractivity contribution in [3.8, 4) is 0 Å². The summed E-state index contributed by atoms with van der Waals surface area (Å²) in [4.78, 5) is 85.5. The molecule has 2 rings (SSSR count). The normalized spacial score (nSPS) is 20.5. The van der Waals surface area contributed by atoms with Crippen molar-refractivity contribution in [2.75, 3.05) is 47.2 Å². The number of likely N-dealkylation sites (N-methyl/N-ethyl adjacent to an activating group) is 2. The quantitative estimate of drug-likeness (QED) is 0.0697. The summed E-state index contributed by atoms with van der Waals surface area (Å²) in [5.41, 5.74) is 0.289.